The number of allylic oxidation sites excluding steroid dienone is 3. The first kappa shape index (κ1) is 32.4. The highest BCUT2D eigenvalue weighted by molar-refractivity contribution is 6.29. The molecule has 0 saturated heterocycles. The second-order valence-electron chi connectivity index (χ2n) is 10.3. The molecule has 0 heterocycles. The average Bonchev–Trinajstić information content (AvgIpc) is 3.09. The molecule has 0 aromatic heterocycles. The summed E-state index contributed by atoms with van der Waals surface area (Å²) in [6.45, 7) is 1.34. The van der Waals surface area contributed by atoms with E-state index in [0.29, 0.717) is 45.5 Å². The number of carbonyl (C=O) groups excluding carboxylic acids is 1. The van der Waals surface area contributed by atoms with E-state index < -0.39 is 24.3 Å². The van der Waals surface area contributed by atoms with E-state index in [1.165, 1.54) is 18.2 Å². The van der Waals surface area contributed by atoms with E-state index in [1.54, 1.807) is 37.3 Å². The van der Waals surface area contributed by atoms with Crippen molar-refractivity contribution in [2.45, 2.75) is 6.92 Å². The third kappa shape index (κ3) is 8.00. The van der Waals surface area contributed by atoms with Crippen LogP contribution in [0.25, 0.3) is 11.1 Å². The summed E-state index contributed by atoms with van der Waals surface area (Å²) < 4.78 is 5.12. The van der Waals surface area contributed by atoms with Gasteiger partial charge >= 0.3 is 11.9 Å². The Hall–Kier alpha value is -6.96. The summed E-state index contributed by atoms with van der Waals surface area (Å²) in [5.41, 5.74) is 20.9. The minimum Gasteiger partial charge on any atom is -0.482 e. The van der Waals surface area contributed by atoms with Gasteiger partial charge in [-0.15, -0.1) is 10.2 Å². The Morgan fingerprint density at radius 1 is 0.792 bits per heavy atom. The number of carbonyl (C=O) groups is 3. The lowest BCUT2D eigenvalue weighted by Gasteiger charge is -2.09. The number of nitrogens with two attached hydrogens (primary N) is 2. The van der Waals surface area contributed by atoms with Gasteiger partial charge < -0.3 is 26.4 Å². The number of nitrogen functional groups attached to an aromatic ring is 2. The Bertz CT molecular complexity index is 2030. The van der Waals surface area contributed by atoms with Crippen LogP contribution in [0.2, 0.25) is 0 Å². The van der Waals surface area contributed by atoms with Gasteiger partial charge in [0.25, 0.3) is 0 Å². The predicted molar refractivity (Wildman–Crippen MR) is 181 cm³/mol. The summed E-state index contributed by atoms with van der Waals surface area (Å²) >= 11 is 0. The number of aliphatic carboxylic acids is 2. The molecule has 0 radical (unpaired) electrons. The van der Waals surface area contributed by atoms with Crippen LogP contribution in [0.5, 0.6) is 5.75 Å². The number of anilines is 3. The lowest BCUT2D eigenvalue weighted by Crippen LogP contribution is -2.15. The van der Waals surface area contributed by atoms with Crippen molar-refractivity contribution in [3.05, 3.63) is 108 Å². The number of rotatable bonds is 11. The van der Waals surface area contributed by atoms with Crippen LogP contribution in [-0.4, -0.2) is 40.3 Å². The maximum Gasteiger partial charge on any atom is 0.341 e. The lowest BCUT2D eigenvalue weighted by atomic mass is 10.0. The first-order valence-electron chi connectivity index (χ1n) is 14.3. The average molecular weight is 645 g/mol. The summed E-state index contributed by atoms with van der Waals surface area (Å²) in [4.78, 5) is 33.5. The molecule has 0 amide bonds. The third-order valence-electron chi connectivity index (χ3n) is 6.90. The van der Waals surface area contributed by atoms with Crippen LogP contribution >= 0.6 is 0 Å². The van der Waals surface area contributed by atoms with Crippen LogP contribution < -0.4 is 21.6 Å². The minimum absolute atomic E-state index is 0.203. The zero-order valence-electron chi connectivity index (χ0n) is 25.4. The summed E-state index contributed by atoms with van der Waals surface area (Å²) in [6, 6.07) is 22.9. The van der Waals surface area contributed by atoms with E-state index >= 15 is 0 Å². The Labute approximate surface area is 273 Å². The fourth-order valence-electron chi connectivity index (χ4n) is 4.32. The van der Waals surface area contributed by atoms with Crippen LogP contribution in [0.4, 0.5) is 39.8 Å². The summed E-state index contributed by atoms with van der Waals surface area (Å²) in [5, 5.41) is 39.1. The topological polar surface area (TPSA) is 227 Å². The number of benzene rings is 4. The first-order chi connectivity index (χ1) is 23.1. The number of ketones is 1. The molecule has 0 atom stereocenters. The molecule has 4 aromatic rings. The minimum atomic E-state index is -1.31. The predicted octanol–water partition coefficient (Wildman–Crippen LogP) is 7.04. The normalized spacial score (nSPS) is 13.6. The number of azo groups is 2. The van der Waals surface area contributed by atoms with Crippen molar-refractivity contribution >= 4 is 63.2 Å². The van der Waals surface area contributed by atoms with E-state index in [9.17, 15) is 14.4 Å². The van der Waals surface area contributed by atoms with Gasteiger partial charge in [0.2, 0.25) is 0 Å². The first-order valence-corrected chi connectivity index (χ1v) is 14.3. The van der Waals surface area contributed by atoms with Crippen LogP contribution in [0, 0.1) is 6.92 Å². The van der Waals surface area contributed by atoms with Gasteiger partial charge in [-0.1, -0.05) is 24.3 Å². The number of hydrazone groups is 1. The Morgan fingerprint density at radius 2 is 1.40 bits per heavy atom. The van der Waals surface area contributed by atoms with E-state index in [2.05, 4.69) is 31.0 Å². The second-order valence-corrected chi connectivity index (χ2v) is 10.3. The molecule has 0 fully saturated rings. The highest BCUT2D eigenvalue weighted by Gasteiger charge is 2.18. The van der Waals surface area contributed by atoms with Gasteiger partial charge in [-0.05, 0) is 96.4 Å². The Balaban J connectivity index is 1.25. The van der Waals surface area contributed by atoms with Crippen molar-refractivity contribution in [1.29, 1.82) is 0 Å². The molecule has 240 valence electrons. The maximum absolute atomic E-state index is 11.6. The SMILES string of the molecule is Cc1cc(N=Nc2ccc(-c3ccc(N/N=C4/C=CC(=O)C(C(=O)O)=C4)cc3)cc2)c(N)c(N=Nc2ccc(OCC(=O)O)cc2)c1N. The van der Waals surface area contributed by atoms with Crippen LogP contribution in [-0.2, 0) is 14.4 Å². The number of ether oxygens (including phenoxy) is 1. The highest BCUT2D eigenvalue weighted by Crippen LogP contribution is 2.41. The number of nitrogens with one attached hydrogen (secondary N) is 1. The van der Waals surface area contributed by atoms with E-state index in [-0.39, 0.29) is 16.9 Å². The monoisotopic (exact) mass is 644 g/mol. The fraction of sp³-hybridized carbons (Fsp3) is 0.0588. The maximum atomic E-state index is 11.6. The molecule has 7 N–H and O–H groups in total. The van der Waals surface area contributed by atoms with Gasteiger partial charge in [0, 0.05) is 0 Å². The van der Waals surface area contributed by atoms with Gasteiger partial charge in [-0.3, -0.25) is 10.2 Å². The van der Waals surface area contributed by atoms with Gasteiger partial charge in [0.05, 0.1) is 34.1 Å². The molecule has 0 spiro atoms. The molecule has 4 aromatic carbocycles. The molecule has 14 heteroatoms. The number of nitrogens with zero attached hydrogens (tertiary/aromatic N) is 5. The molecule has 14 nitrogen and oxygen atoms in total. The van der Waals surface area contributed by atoms with Crippen molar-refractivity contribution < 1.29 is 29.3 Å². The fourth-order valence-corrected chi connectivity index (χ4v) is 4.32. The lowest BCUT2D eigenvalue weighted by molar-refractivity contribution is -0.139. The Morgan fingerprint density at radius 3 is 2.02 bits per heavy atom. The van der Waals surface area contributed by atoms with Crippen LogP contribution in [0.15, 0.2) is 128 Å². The molecule has 0 saturated carbocycles. The quantitative estimate of drug-likeness (QED) is 0.0370. The highest BCUT2D eigenvalue weighted by atomic mass is 16.5. The van der Waals surface area contributed by atoms with Gasteiger partial charge in [-0.2, -0.15) is 15.3 Å². The number of hydrogen-bond acceptors (Lipinski definition) is 12. The standard InChI is InChI=1S/C34H28N8O6/c1-19-16-28(32(36)33(31(19)35)42-39-24-10-13-26(14-11-24)48-18-30(44)45)41-38-23-8-4-21(5-9-23)20-2-6-22(7-3-20)37-40-25-12-15-29(43)27(17-25)34(46)47/h2-17,37H,18,35-36H2,1H3,(H,44,45)(H,46,47)/b40-25-,41-38?,42-39?. The van der Waals surface area contributed by atoms with E-state index in [4.69, 9.17) is 26.4 Å². The molecular formula is C34H28N8O6. The van der Waals surface area contributed by atoms with Gasteiger partial charge in [0.15, 0.2) is 12.4 Å². The van der Waals surface area contributed by atoms with Crippen molar-refractivity contribution in [3.8, 4) is 16.9 Å². The molecule has 48 heavy (non-hydrogen) atoms. The summed E-state index contributed by atoms with van der Waals surface area (Å²) in [6.07, 6.45) is 3.82. The largest absolute Gasteiger partial charge is 0.482 e. The van der Waals surface area contributed by atoms with Crippen molar-refractivity contribution in [2.24, 2.45) is 25.6 Å². The van der Waals surface area contributed by atoms with Crippen LogP contribution in [0.1, 0.15) is 5.56 Å². The molecule has 1 aliphatic rings. The van der Waals surface area contributed by atoms with E-state index in [0.717, 1.165) is 11.1 Å². The van der Waals surface area contributed by atoms with Crippen LogP contribution in [0.3, 0.4) is 0 Å². The van der Waals surface area contributed by atoms with Crippen molar-refractivity contribution in [2.75, 3.05) is 23.5 Å². The number of carboxylic acid groups (broad SMARTS) is 2. The zero-order chi connectivity index (χ0) is 34.2. The molecule has 5 rings (SSSR count). The molecule has 1 aliphatic carbocycles. The van der Waals surface area contributed by atoms with Gasteiger partial charge in [-0.25, -0.2) is 9.59 Å². The number of hydrogen-bond donors (Lipinski definition) is 5. The molecule has 0 aliphatic heterocycles. The summed E-state index contributed by atoms with van der Waals surface area (Å²) in [5.74, 6) is -2.58. The van der Waals surface area contributed by atoms with Gasteiger partial charge in [0.1, 0.15) is 22.7 Å². The number of aryl methyl sites for hydroxylation is 1. The molecule has 0 bridgehead atoms. The number of carboxylic acids is 2. The smallest absolute Gasteiger partial charge is 0.341 e. The Kier molecular flexibility index (Phi) is 9.75. The van der Waals surface area contributed by atoms with E-state index in [1.807, 2.05) is 48.5 Å². The third-order valence-corrected chi connectivity index (χ3v) is 6.90. The van der Waals surface area contributed by atoms with Crippen molar-refractivity contribution in [1.82, 2.24) is 0 Å². The van der Waals surface area contributed by atoms with Crippen molar-refractivity contribution in [3.63, 3.8) is 0 Å². The second kappa shape index (κ2) is 14.4. The molecule has 0 unspecified atom stereocenters. The molecular weight excluding hydrogens is 616 g/mol. The zero-order valence-corrected chi connectivity index (χ0v) is 25.4. The summed E-state index contributed by atoms with van der Waals surface area (Å²) in [7, 11) is 0.